The summed E-state index contributed by atoms with van der Waals surface area (Å²) in [7, 11) is 0. The molecule has 1 aromatic carbocycles. The zero-order valence-electron chi connectivity index (χ0n) is 9.12. The number of aromatic amines is 1. The summed E-state index contributed by atoms with van der Waals surface area (Å²) in [5.74, 6) is -3.49. The van der Waals surface area contributed by atoms with E-state index in [1.165, 1.54) is 0 Å². The molecule has 1 aromatic heterocycles. The lowest BCUT2D eigenvalue weighted by Gasteiger charge is -2.06. The highest BCUT2D eigenvalue weighted by atomic mass is 19.3. The predicted molar refractivity (Wildman–Crippen MR) is 55.2 cm³/mol. The summed E-state index contributed by atoms with van der Waals surface area (Å²) in [6.45, 7) is 0. The van der Waals surface area contributed by atoms with Crippen LogP contribution in [0.15, 0.2) is 12.1 Å². The number of halogens is 4. The van der Waals surface area contributed by atoms with E-state index in [0.717, 1.165) is 0 Å². The van der Waals surface area contributed by atoms with Crippen LogP contribution in [0.5, 0.6) is 0 Å². The Morgan fingerprint density at radius 3 is 2.47 bits per heavy atom. The van der Waals surface area contributed by atoms with Gasteiger partial charge in [-0.15, -0.1) is 0 Å². The highest BCUT2D eigenvalue weighted by Crippen LogP contribution is 2.30. The number of carbonyl (C=O) groups excluding carboxylic acids is 1. The second kappa shape index (κ2) is 4.67. The SMILES string of the molecule is NC(=O)c1n[nH]nc1-c1cc(F)c(C(F)F)cc1F. The second-order valence-electron chi connectivity index (χ2n) is 3.54. The summed E-state index contributed by atoms with van der Waals surface area (Å²) in [6.07, 6.45) is -3.16. The highest BCUT2D eigenvalue weighted by molar-refractivity contribution is 5.96. The molecular formula is C10H6F4N4O. The number of nitrogens with one attached hydrogen (secondary N) is 1. The van der Waals surface area contributed by atoms with Crippen molar-refractivity contribution in [1.29, 1.82) is 0 Å². The van der Waals surface area contributed by atoms with E-state index in [9.17, 15) is 22.4 Å². The number of benzene rings is 1. The maximum absolute atomic E-state index is 13.7. The molecule has 0 aliphatic rings. The molecule has 0 unspecified atom stereocenters. The van der Waals surface area contributed by atoms with Gasteiger partial charge in [0.05, 0.1) is 5.56 Å². The van der Waals surface area contributed by atoms with Crippen molar-refractivity contribution in [2.45, 2.75) is 6.43 Å². The van der Waals surface area contributed by atoms with Gasteiger partial charge in [-0.2, -0.15) is 15.4 Å². The Labute approximate surface area is 103 Å². The molecule has 3 N–H and O–H groups in total. The fraction of sp³-hybridized carbons (Fsp3) is 0.100. The van der Waals surface area contributed by atoms with Gasteiger partial charge in [0, 0.05) is 5.56 Å². The molecule has 1 amide bonds. The topological polar surface area (TPSA) is 84.7 Å². The zero-order chi connectivity index (χ0) is 14.2. The molecule has 0 aliphatic heterocycles. The fourth-order valence-electron chi connectivity index (χ4n) is 1.50. The molecule has 0 saturated carbocycles. The Morgan fingerprint density at radius 1 is 1.21 bits per heavy atom. The van der Waals surface area contributed by atoms with Crippen molar-refractivity contribution in [3.63, 3.8) is 0 Å². The molecule has 0 aliphatic carbocycles. The van der Waals surface area contributed by atoms with Crippen molar-refractivity contribution in [2.75, 3.05) is 0 Å². The van der Waals surface area contributed by atoms with Gasteiger partial charge in [-0.1, -0.05) is 0 Å². The van der Waals surface area contributed by atoms with E-state index in [4.69, 9.17) is 5.73 Å². The number of carbonyl (C=O) groups is 1. The van der Waals surface area contributed by atoms with Crippen LogP contribution in [-0.4, -0.2) is 21.3 Å². The number of nitrogens with two attached hydrogens (primary N) is 1. The van der Waals surface area contributed by atoms with Crippen LogP contribution in [0.1, 0.15) is 22.5 Å². The summed E-state index contributed by atoms with van der Waals surface area (Å²) >= 11 is 0. The maximum atomic E-state index is 13.7. The summed E-state index contributed by atoms with van der Waals surface area (Å²) < 4.78 is 51.8. The number of amides is 1. The van der Waals surface area contributed by atoms with Crippen molar-refractivity contribution in [3.8, 4) is 11.3 Å². The Bertz CT molecular complexity index is 640. The first-order valence-electron chi connectivity index (χ1n) is 4.90. The van der Waals surface area contributed by atoms with Gasteiger partial charge in [-0.3, -0.25) is 4.79 Å². The van der Waals surface area contributed by atoms with E-state index >= 15 is 0 Å². The lowest BCUT2D eigenvalue weighted by Crippen LogP contribution is -2.13. The second-order valence-corrected chi connectivity index (χ2v) is 3.54. The third-order valence-corrected chi connectivity index (χ3v) is 2.36. The van der Waals surface area contributed by atoms with E-state index in [1.54, 1.807) is 0 Å². The van der Waals surface area contributed by atoms with Gasteiger partial charge in [0.1, 0.15) is 17.3 Å². The van der Waals surface area contributed by atoms with Gasteiger partial charge >= 0.3 is 0 Å². The van der Waals surface area contributed by atoms with Gasteiger partial charge in [0.15, 0.2) is 5.69 Å². The van der Waals surface area contributed by atoms with Crippen LogP contribution in [0.2, 0.25) is 0 Å². The van der Waals surface area contributed by atoms with Gasteiger partial charge in [-0.25, -0.2) is 17.6 Å². The quantitative estimate of drug-likeness (QED) is 0.837. The van der Waals surface area contributed by atoms with E-state index in [0.29, 0.717) is 12.1 Å². The van der Waals surface area contributed by atoms with Gasteiger partial charge in [0.25, 0.3) is 12.3 Å². The maximum Gasteiger partial charge on any atom is 0.271 e. The summed E-state index contributed by atoms with van der Waals surface area (Å²) in [5.41, 5.74) is 2.65. The van der Waals surface area contributed by atoms with E-state index in [1.807, 2.05) is 5.21 Å². The molecule has 0 atom stereocenters. The fourth-order valence-corrected chi connectivity index (χ4v) is 1.50. The number of hydrogen-bond acceptors (Lipinski definition) is 3. The molecule has 2 aromatic rings. The van der Waals surface area contributed by atoms with Crippen LogP contribution in [0.4, 0.5) is 17.6 Å². The van der Waals surface area contributed by atoms with Crippen LogP contribution in [0, 0.1) is 11.6 Å². The van der Waals surface area contributed by atoms with E-state index < -0.39 is 40.8 Å². The minimum Gasteiger partial charge on any atom is -0.364 e. The summed E-state index contributed by atoms with van der Waals surface area (Å²) in [6, 6.07) is 0.857. The van der Waals surface area contributed by atoms with E-state index in [-0.39, 0.29) is 5.69 Å². The number of nitrogens with zero attached hydrogens (tertiary/aromatic N) is 2. The van der Waals surface area contributed by atoms with Gasteiger partial charge in [0.2, 0.25) is 0 Å². The Balaban J connectivity index is 2.61. The van der Waals surface area contributed by atoms with Gasteiger partial charge in [-0.05, 0) is 12.1 Å². The molecule has 0 radical (unpaired) electrons. The molecule has 0 saturated heterocycles. The lowest BCUT2D eigenvalue weighted by atomic mass is 10.1. The third-order valence-electron chi connectivity index (χ3n) is 2.36. The van der Waals surface area contributed by atoms with Crippen LogP contribution in [-0.2, 0) is 0 Å². The van der Waals surface area contributed by atoms with Crippen LogP contribution in [0.25, 0.3) is 11.3 Å². The zero-order valence-corrected chi connectivity index (χ0v) is 9.12. The van der Waals surface area contributed by atoms with Gasteiger partial charge < -0.3 is 5.73 Å². The molecule has 0 fully saturated rings. The first-order valence-corrected chi connectivity index (χ1v) is 4.90. The molecule has 2 rings (SSSR count). The number of hydrogen-bond donors (Lipinski definition) is 2. The molecule has 0 spiro atoms. The van der Waals surface area contributed by atoms with Crippen molar-refractivity contribution in [1.82, 2.24) is 15.4 Å². The monoisotopic (exact) mass is 274 g/mol. The minimum atomic E-state index is -3.16. The molecule has 0 bridgehead atoms. The third kappa shape index (κ3) is 2.26. The first kappa shape index (κ1) is 13.0. The molecule has 9 heteroatoms. The minimum absolute atomic E-state index is 0.342. The first-order chi connectivity index (χ1) is 8.91. The molecule has 100 valence electrons. The Hall–Kier alpha value is -2.45. The molecule has 5 nitrogen and oxygen atoms in total. The van der Waals surface area contributed by atoms with Crippen molar-refractivity contribution >= 4 is 5.91 Å². The Kier molecular flexibility index (Phi) is 3.19. The van der Waals surface area contributed by atoms with Crippen molar-refractivity contribution in [2.24, 2.45) is 5.73 Å². The number of aromatic nitrogens is 3. The van der Waals surface area contributed by atoms with Crippen LogP contribution in [0.3, 0.4) is 0 Å². The predicted octanol–water partition coefficient (Wildman–Crippen LogP) is 1.79. The van der Waals surface area contributed by atoms with Crippen LogP contribution >= 0.6 is 0 Å². The lowest BCUT2D eigenvalue weighted by molar-refractivity contribution is 0.0996. The molecule has 1 heterocycles. The average Bonchev–Trinajstić information content (AvgIpc) is 2.80. The normalized spacial score (nSPS) is 11.0. The number of H-pyrrole nitrogens is 1. The van der Waals surface area contributed by atoms with Crippen molar-refractivity contribution in [3.05, 3.63) is 35.0 Å². The summed E-state index contributed by atoms with van der Waals surface area (Å²) in [5, 5.41) is 8.85. The average molecular weight is 274 g/mol. The number of alkyl halides is 2. The Morgan fingerprint density at radius 2 is 1.89 bits per heavy atom. The highest BCUT2D eigenvalue weighted by Gasteiger charge is 2.22. The van der Waals surface area contributed by atoms with Crippen molar-refractivity contribution < 1.29 is 22.4 Å². The van der Waals surface area contributed by atoms with E-state index in [2.05, 4.69) is 10.2 Å². The number of rotatable bonds is 3. The smallest absolute Gasteiger partial charge is 0.271 e. The largest absolute Gasteiger partial charge is 0.364 e. The summed E-state index contributed by atoms with van der Waals surface area (Å²) in [4.78, 5) is 11.0. The van der Waals surface area contributed by atoms with Crippen LogP contribution < -0.4 is 5.73 Å². The molecule has 19 heavy (non-hydrogen) atoms. The standard InChI is InChI=1S/C10H6F4N4O/c11-5-2-4(9(13)14)6(12)1-3(5)7-8(10(15)19)17-18-16-7/h1-2,9H,(H2,15,19)(H,16,17,18). The number of primary amides is 1. The molecular weight excluding hydrogens is 268 g/mol.